The number of aliphatic hydroxyl groups is 1. The van der Waals surface area contributed by atoms with Crippen LogP contribution in [0.1, 0.15) is 122 Å². The first kappa shape index (κ1) is 70.1. The number of carbonyl (C=O) groups excluding carboxylic acids is 6. The van der Waals surface area contributed by atoms with Crippen LogP contribution in [0.5, 0.6) is 5.75 Å². The fourth-order valence-electron chi connectivity index (χ4n) is 14.4. The first-order chi connectivity index (χ1) is 45.8. The SMILES string of the molecule is Cc1ncsc1-c1ccc(CNC(=O)[C@@H]2C[C@@H](O)CN2C(=O)[C@@H](NC(=O)C2(F)CC2)C(C)(C)C)c(OCC(=O)NCCCN2C[C@H]3CC(OCC(=O)NCCCNc4cc(N5CCC6(CC5)CN(c5cc(F)c(CN7CCC(C)(C)CC7)cc5F)CC(=O)N6)ncn4)C[C@H]3C2)c1. The number of amides is 6. The van der Waals surface area contributed by atoms with Gasteiger partial charge in [-0.15, -0.1) is 11.3 Å². The van der Waals surface area contributed by atoms with Crippen molar-refractivity contribution in [2.24, 2.45) is 22.7 Å². The molecule has 2 aliphatic carbocycles. The second-order valence-corrected chi connectivity index (χ2v) is 30.4. The van der Waals surface area contributed by atoms with Gasteiger partial charge in [0.15, 0.2) is 12.3 Å². The van der Waals surface area contributed by atoms with Gasteiger partial charge in [0.05, 0.1) is 46.1 Å². The number of aryl methyl sites for hydroxylation is 1. The van der Waals surface area contributed by atoms with E-state index in [0.29, 0.717) is 99.6 Å². The molecule has 96 heavy (non-hydrogen) atoms. The topological polar surface area (TPSA) is 268 Å². The monoisotopic (exact) mass is 1350 g/mol. The van der Waals surface area contributed by atoms with E-state index in [9.17, 15) is 38.3 Å². The third kappa shape index (κ3) is 17.6. The van der Waals surface area contributed by atoms with Crippen LogP contribution >= 0.6 is 11.3 Å². The number of thiazole rings is 1. The molecule has 27 heteroatoms. The molecule has 522 valence electrons. The summed E-state index contributed by atoms with van der Waals surface area (Å²) < 4.78 is 58.3. The van der Waals surface area contributed by atoms with Crippen molar-refractivity contribution in [2.75, 3.05) is 113 Å². The number of benzene rings is 2. The van der Waals surface area contributed by atoms with E-state index >= 15 is 8.78 Å². The highest BCUT2D eigenvalue weighted by atomic mass is 32.1. The first-order valence-corrected chi connectivity index (χ1v) is 35.0. The van der Waals surface area contributed by atoms with Crippen LogP contribution in [0.15, 0.2) is 48.2 Å². The summed E-state index contributed by atoms with van der Waals surface area (Å²) in [6, 6.07) is 7.76. The number of likely N-dealkylation sites (tertiary alicyclic amines) is 3. The number of halogens is 3. The molecular formula is C69H95F3N14O9S. The number of nitrogens with one attached hydrogen (secondary N) is 6. The molecule has 7 aliphatic rings. The second-order valence-electron chi connectivity index (χ2n) is 29.5. The van der Waals surface area contributed by atoms with Crippen molar-refractivity contribution < 1.29 is 56.5 Å². The van der Waals surface area contributed by atoms with Crippen molar-refractivity contribution in [3.05, 3.63) is 76.7 Å². The number of carbonyl (C=O) groups is 6. The third-order valence-corrected chi connectivity index (χ3v) is 21.4. The van der Waals surface area contributed by atoms with E-state index in [-0.39, 0.29) is 87.0 Å². The normalized spacial score (nSPS) is 23.3. The number of piperazine rings is 1. The molecule has 5 aliphatic heterocycles. The summed E-state index contributed by atoms with van der Waals surface area (Å²) in [6.07, 6.45) is 7.05. The molecule has 0 bridgehead atoms. The Kier molecular flexibility index (Phi) is 21.8. The summed E-state index contributed by atoms with van der Waals surface area (Å²) in [4.78, 5) is 104. The summed E-state index contributed by atoms with van der Waals surface area (Å²) in [6.45, 7) is 18.9. The maximum atomic E-state index is 15.8. The molecule has 11 rings (SSSR count). The molecule has 7 N–H and O–H groups in total. The average Bonchev–Trinajstić information content (AvgIpc) is 1.55. The summed E-state index contributed by atoms with van der Waals surface area (Å²) >= 11 is 1.46. The zero-order valence-corrected chi connectivity index (χ0v) is 57.0. The molecule has 6 atom stereocenters. The minimum absolute atomic E-state index is 0.00398. The number of hydrogen-bond acceptors (Lipinski definition) is 18. The fourth-order valence-corrected chi connectivity index (χ4v) is 15.2. The Hall–Kier alpha value is -7.20. The highest BCUT2D eigenvalue weighted by Crippen LogP contribution is 2.42. The number of piperidine rings is 2. The Morgan fingerprint density at radius 3 is 2.22 bits per heavy atom. The predicted octanol–water partition coefficient (Wildman–Crippen LogP) is 5.63. The lowest BCUT2D eigenvalue weighted by atomic mass is 9.82. The zero-order chi connectivity index (χ0) is 68.1. The van der Waals surface area contributed by atoms with Gasteiger partial charge in [0.1, 0.15) is 54.0 Å². The fraction of sp³-hybridized carbons (Fsp3) is 0.638. The van der Waals surface area contributed by atoms with E-state index in [2.05, 4.69) is 75.4 Å². The van der Waals surface area contributed by atoms with Crippen molar-refractivity contribution in [3.8, 4) is 16.2 Å². The van der Waals surface area contributed by atoms with E-state index in [4.69, 9.17) is 9.47 Å². The van der Waals surface area contributed by atoms with Crippen molar-refractivity contribution in [1.82, 2.24) is 56.2 Å². The summed E-state index contributed by atoms with van der Waals surface area (Å²) in [7, 11) is 0. The van der Waals surface area contributed by atoms with E-state index in [1.807, 2.05) is 25.1 Å². The van der Waals surface area contributed by atoms with Crippen LogP contribution in [0.25, 0.3) is 10.4 Å². The number of nitrogens with zero attached hydrogens (tertiary/aromatic N) is 8. The number of rotatable bonds is 26. The Morgan fingerprint density at radius 2 is 1.52 bits per heavy atom. The summed E-state index contributed by atoms with van der Waals surface area (Å²) in [5, 5.41) is 28.6. The van der Waals surface area contributed by atoms with Crippen LogP contribution in [0.3, 0.4) is 0 Å². The van der Waals surface area contributed by atoms with Gasteiger partial charge < -0.3 is 66.1 Å². The van der Waals surface area contributed by atoms with Crippen molar-refractivity contribution >= 4 is 64.1 Å². The molecule has 1 unspecified atom stereocenters. The maximum absolute atomic E-state index is 15.8. The molecular weight excluding hydrogens is 1260 g/mol. The summed E-state index contributed by atoms with van der Waals surface area (Å²) in [5.74, 6) is -0.917. The van der Waals surface area contributed by atoms with Crippen molar-refractivity contribution in [3.63, 3.8) is 0 Å². The highest BCUT2D eigenvalue weighted by Gasteiger charge is 2.54. The van der Waals surface area contributed by atoms with Gasteiger partial charge in [-0.25, -0.2) is 28.1 Å². The lowest BCUT2D eigenvalue weighted by molar-refractivity contribution is -0.145. The molecule has 6 amide bonds. The lowest BCUT2D eigenvalue weighted by Crippen LogP contribution is -2.66. The molecule has 0 radical (unpaired) electrons. The zero-order valence-electron chi connectivity index (χ0n) is 56.2. The van der Waals surface area contributed by atoms with Gasteiger partial charge >= 0.3 is 0 Å². The van der Waals surface area contributed by atoms with Crippen molar-refractivity contribution in [1.29, 1.82) is 0 Å². The van der Waals surface area contributed by atoms with Gasteiger partial charge in [-0.3, -0.25) is 33.7 Å². The molecule has 23 nitrogen and oxygen atoms in total. The second kappa shape index (κ2) is 29.9. The standard InChI is InChI=1S/C69H95F3N14O9S/c1-43-61(96-42-79-43)44-9-10-45(32-76-63(91)54-29-49(87)36-86(54)64(92)62(66(2,3)4)80-65(93)69(72)11-12-69)55(28-44)95-39-60(90)75-19-8-20-83-33-46-25-50(26-47(46)34-83)94-38-59(89)74-18-7-17-73-56-31-57(78-41-77-56)84-23-15-68(16-24-84)40-85(37-58(88)81-68)53-30-51(70)48(27-52(53)71)35-82-21-13-67(5,6)14-22-82/h9-10,27-28,30-31,41-42,46-47,49-50,54,62,87H,7-8,11-26,29,32-40H2,1-6H3,(H,74,89)(H,75,90)(H,76,91)(H,80,93)(H,81,88)(H,73,77,78)/t46-,47+,49-,50?,54+,62-/m1/s1. The van der Waals surface area contributed by atoms with Crippen LogP contribution < -0.4 is 46.4 Å². The smallest absolute Gasteiger partial charge is 0.258 e. The predicted molar refractivity (Wildman–Crippen MR) is 358 cm³/mol. The maximum Gasteiger partial charge on any atom is 0.258 e. The summed E-state index contributed by atoms with van der Waals surface area (Å²) in [5.41, 5.74) is 1.25. The highest BCUT2D eigenvalue weighted by molar-refractivity contribution is 7.13. The largest absolute Gasteiger partial charge is 0.483 e. The van der Waals surface area contributed by atoms with Crippen LogP contribution in [0, 0.1) is 41.2 Å². The number of β-amino-alcohol motifs (C(OH)–C–C–N with tert-alkyl or cyclic N) is 1. The van der Waals surface area contributed by atoms with Gasteiger partial charge in [-0.2, -0.15) is 0 Å². The van der Waals surface area contributed by atoms with Crippen LogP contribution in [0.4, 0.5) is 30.5 Å². The Bertz CT molecular complexity index is 3450. The van der Waals surface area contributed by atoms with E-state index in [1.54, 1.807) is 37.2 Å². The number of fused-ring (bicyclic) bond motifs is 1. The number of aliphatic hydroxyl groups excluding tert-OH is 1. The van der Waals surface area contributed by atoms with E-state index in [1.165, 1.54) is 34.7 Å². The van der Waals surface area contributed by atoms with Gasteiger partial charge in [-0.1, -0.05) is 46.8 Å². The Balaban J connectivity index is 0.554. The molecule has 7 heterocycles. The quantitative estimate of drug-likeness (QED) is 0.0376. The van der Waals surface area contributed by atoms with Gasteiger partial charge in [0, 0.05) is 102 Å². The molecule has 2 aromatic carbocycles. The van der Waals surface area contributed by atoms with Crippen LogP contribution in [-0.4, -0.2) is 204 Å². The first-order valence-electron chi connectivity index (χ1n) is 34.1. The van der Waals surface area contributed by atoms with Gasteiger partial charge in [0.25, 0.3) is 11.8 Å². The Morgan fingerprint density at radius 1 is 0.802 bits per heavy atom. The van der Waals surface area contributed by atoms with Crippen molar-refractivity contribution in [2.45, 2.75) is 161 Å². The Labute approximate surface area is 564 Å². The molecule has 1 spiro atoms. The van der Waals surface area contributed by atoms with Gasteiger partial charge in [-0.05, 0) is 131 Å². The molecule has 4 aromatic rings. The number of anilines is 3. The van der Waals surface area contributed by atoms with Gasteiger partial charge in [0.2, 0.25) is 23.6 Å². The number of alkyl halides is 1. The molecule has 2 saturated carbocycles. The average molecular weight is 1350 g/mol. The number of ether oxygens (including phenoxy) is 2. The minimum atomic E-state index is -2.00. The van der Waals surface area contributed by atoms with Crippen LogP contribution in [-0.2, 0) is 46.6 Å². The van der Waals surface area contributed by atoms with E-state index < -0.39 is 64.2 Å². The molecule has 7 fully saturated rings. The van der Waals surface area contributed by atoms with E-state index in [0.717, 1.165) is 86.8 Å². The minimum Gasteiger partial charge on any atom is -0.483 e. The number of aromatic nitrogens is 3. The molecule has 2 aromatic heterocycles. The molecule has 5 saturated heterocycles. The van der Waals surface area contributed by atoms with Crippen LogP contribution in [0.2, 0.25) is 0 Å². The lowest BCUT2D eigenvalue weighted by Gasteiger charge is -2.48. The number of hydrogen-bond donors (Lipinski definition) is 7. The third-order valence-electron chi connectivity index (χ3n) is 20.4.